The zero-order valence-electron chi connectivity index (χ0n) is 12.0. The number of rotatable bonds is 6. The molecule has 1 atom stereocenters. The average molecular weight is 308 g/mol. The van der Waals surface area contributed by atoms with Gasteiger partial charge in [0.05, 0.1) is 12.8 Å². The summed E-state index contributed by atoms with van der Waals surface area (Å²) in [5.74, 6) is -0.302. The van der Waals surface area contributed by atoms with Crippen LogP contribution < -0.4 is 5.32 Å². The Hall–Kier alpha value is -1.85. The van der Waals surface area contributed by atoms with Crippen molar-refractivity contribution in [3.8, 4) is 0 Å². The number of benzene rings is 1. The first-order valence-electron chi connectivity index (χ1n) is 6.73. The Morgan fingerprint density at radius 2 is 2.14 bits per heavy atom. The van der Waals surface area contributed by atoms with Gasteiger partial charge >= 0.3 is 5.97 Å². The molecule has 0 amide bonds. The van der Waals surface area contributed by atoms with Gasteiger partial charge in [-0.1, -0.05) is 23.7 Å². The molecule has 1 aromatic carbocycles. The van der Waals surface area contributed by atoms with Gasteiger partial charge in [0.25, 0.3) is 0 Å². The SMILES string of the molecule is CCOC(=O)C(NCc1cnn(C)c1)c1ccc(Cl)cc1. The molecule has 0 radical (unpaired) electrons. The van der Waals surface area contributed by atoms with Crippen LogP contribution in [0.4, 0.5) is 0 Å². The van der Waals surface area contributed by atoms with Crippen LogP contribution in [-0.2, 0) is 23.1 Å². The number of carbonyl (C=O) groups is 1. The van der Waals surface area contributed by atoms with E-state index in [1.807, 2.05) is 25.4 Å². The molecule has 2 aromatic rings. The summed E-state index contributed by atoms with van der Waals surface area (Å²) in [6, 6.07) is 6.63. The summed E-state index contributed by atoms with van der Waals surface area (Å²) in [7, 11) is 1.85. The fraction of sp³-hybridized carbons (Fsp3) is 0.333. The van der Waals surface area contributed by atoms with Crippen LogP contribution in [0.15, 0.2) is 36.7 Å². The summed E-state index contributed by atoms with van der Waals surface area (Å²) >= 11 is 5.89. The predicted octanol–water partition coefficient (Wildman–Crippen LogP) is 2.47. The second-order valence-corrected chi connectivity index (χ2v) is 5.08. The third-order valence-corrected chi connectivity index (χ3v) is 3.25. The molecule has 1 unspecified atom stereocenters. The van der Waals surface area contributed by atoms with Crippen molar-refractivity contribution in [2.45, 2.75) is 19.5 Å². The molecule has 0 aliphatic rings. The first-order valence-corrected chi connectivity index (χ1v) is 7.11. The standard InChI is InChI=1S/C15H18ClN3O2/c1-3-21-15(20)14(12-4-6-13(16)7-5-12)17-8-11-9-18-19(2)10-11/h4-7,9-10,14,17H,3,8H2,1-2H3. The fourth-order valence-corrected chi connectivity index (χ4v) is 2.13. The third kappa shape index (κ3) is 4.31. The normalized spacial score (nSPS) is 12.1. The van der Waals surface area contributed by atoms with Crippen LogP contribution in [-0.4, -0.2) is 22.4 Å². The fourth-order valence-electron chi connectivity index (χ4n) is 2.00. The van der Waals surface area contributed by atoms with E-state index in [0.717, 1.165) is 11.1 Å². The molecule has 0 bridgehead atoms. The highest BCUT2D eigenvalue weighted by Crippen LogP contribution is 2.18. The number of halogens is 1. The molecule has 1 aromatic heterocycles. The molecule has 1 heterocycles. The Kier molecular flexibility index (Phi) is 5.36. The van der Waals surface area contributed by atoms with E-state index >= 15 is 0 Å². The topological polar surface area (TPSA) is 56.1 Å². The van der Waals surface area contributed by atoms with Gasteiger partial charge in [-0.05, 0) is 24.6 Å². The molecule has 0 spiro atoms. The maximum Gasteiger partial charge on any atom is 0.327 e. The molecule has 0 saturated carbocycles. The summed E-state index contributed by atoms with van der Waals surface area (Å²) < 4.78 is 6.85. The molecule has 0 aliphatic heterocycles. The van der Waals surface area contributed by atoms with Crippen molar-refractivity contribution in [1.29, 1.82) is 0 Å². The number of esters is 1. The minimum Gasteiger partial charge on any atom is -0.465 e. The Bertz CT molecular complexity index is 595. The number of nitrogens with one attached hydrogen (secondary N) is 1. The lowest BCUT2D eigenvalue weighted by molar-refractivity contribution is -0.145. The Balaban J connectivity index is 2.11. The van der Waals surface area contributed by atoms with Gasteiger partial charge in [-0.25, -0.2) is 4.79 Å². The quantitative estimate of drug-likeness (QED) is 0.833. The van der Waals surface area contributed by atoms with Gasteiger partial charge in [-0.2, -0.15) is 5.10 Å². The first-order chi connectivity index (χ1) is 10.1. The Labute approximate surface area is 128 Å². The van der Waals surface area contributed by atoms with Crippen molar-refractivity contribution in [3.63, 3.8) is 0 Å². The van der Waals surface area contributed by atoms with Crippen LogP contribution in [0.25, 0.3) is 0 Å². The lowest BCUT2D eigenvalue weighted by atomic mass is 10.1. The molecule has 2 rings (SSSR count). The molecule has 6 heteroatoms. The number of aromatic nitrogens is 2. The van der Waals surface area contributed by atoms with Gasteiger partial charge in [0.2, 0.25) is 0 Å². The lowest BCUT2D eigenvalue weighted by Gasteiger charge is -2.17. The highest BCUT2D eigenvalue weighted by atomic mass is 35.5. The van der Waals surface area contributed by atoms with Gasteiger partial charge < -0.3 is 4.74 Å². The van der Waals surface area contributed by atoms with Gasteiger partial charge in [0.1, 0.15) is 6.04 Å². The van der Waals surface area contributed by atoms with Crippen molar-refractivity contribution in [3.05, 3.63) is 52.8 Å². The maximum absolute atomic E-state index is 12.1. The summed E-state index contributed by atoms with van der Waals surface area (Å²) in [4.78, 5) is 12.1. The summed E-state index contributed by atoms with van der Waals surface area (Å²) in [5.41, 5.74) is 1.82. The number of nitrogens with zero attached hydrogens (tertiary/aromatic N) is 2. The van der Waals surface area contributed by atoms with E-state index < -0.39 is 6.04 Å². The van der Waals surface area contributed by atoms with Crippen molar-refractivity contribution in [2.75, 3.05) is 6.61 Å². The third-order valence-electron chi connectivity index (χ3n) is 2.99. The summed E-state index contributed by atoms with van der Waals surface area (Å²) in [5, 5.41) is 7.93. The number of aryl methyl sites for hydroxylation is 1. The molecule has 0 aliphatic carbocycles. The number of hydrogen-bond donors (Lipinski definition) is 1. The van der Waals surface area contributed by atoms with Crippen molar-refractivity contribution >= 4 is 17.6 Å². The van der Waals surface area contributed by atoms with Crippen LogP contribution in [0, 0.1) is 0 Å². The maximum atomic E-state index is 12.1. The van der Waals surface area contributed by atoms with Crippen LogP contribution in [0.3, 0.4) is 0 Å². The highest BCUT2D eigenvalue weighted by molar-refractivity contribution is 6.30. The van der Waals surface area contributed by atoms with Crippen molar-refractivity contribution < 1.29 is 9.53 Å². The van der Waals surface area contributed by atoms with Crippen molar-refractivity contribution in [1.82, 2.24) is 15.1 Å². The second kappa shape index (κ2) is 7.24. The molecule has 21 heavy (non-hydrogen) atoms. The molecular weight excluding hydrogens is 290 g/mol. The zero-order valence-corrected chi connectivity index (χ0v) is 12.8. The average Bonchev–Trinajstić information content (AvgIpc) is 2.87. The number of hydrogen-bond acceptors (Lipinski definition) is 4. The molecule has 5 nitrogen and oxygen atoms in total. The largest absolute Gasteiger partial charge is 0.465 e. The minimum atomic E-state index is -0.526. The first kappa shape index (κ1) is 15.5. The van der Waals surface area contributed by atoms with Crippen LogP contribution >= 0.6 is 11.6 Å². The summed E-state index contributed by atoms with van der Waals surface area (Å²) in [6.07, 6.45) is 3.66. The van der Waals surface area contributed by atoms with Gasteiger partial charge in [-0.15, -0.1) is 0 Å². The molecular formula is C15H18ClN3O2. The monoisotopic (exact) mass is 307 g/mol. The van der Waals surface area contributed by atoms with E-state index in [2.05, 4.69) is 10.4 Å². The molecule has 112 valence electrons. The predicted molar refractivity (Wildman–Crippen MR) is 80.9 cm³/mol. The van der Waals surface area contributed by atoms with E-state index in [9.17, 15) is 4.79 Å². The van der Waals surface area contributed by atoms with E-state index in [4.69, 9.17) is 16.3 Å². The van der Waals surface area contributed by atoms with Crippen LogP contribution in [0.5, 0.6) is 0 Å². The second-order valence-electron chi connectivity index (χ2n) is 4.64. The Morgan fingerprint density at radius 1 is 1.43 bits per heavy atom. The molecule has 1 N–H and O–H groups in total. The summed E-state index contributed by atoms with van der Waals surface area (Å²) in [6.45, 7) is 2.66. The van der Waals surface area contributed by atoms with E-state index in [1.165, 1.54) is 0 Å². The number of ether oxygens (including phenoxy) is 1. The van der Waals surface area contributed by atoms with E-state index in [-0.39, 0.29) is 5.97 Å². The highest BCUT2D eigenvalue weighted by Gasteiger charge is 2.21. The van der Waals surface area contributed by atoms with Crippen LogP contribution in [0.1, 0.15) is 24.1 Å². The van der Waals surface area contributed by atoms with Gasteiger partial charge in [0.15, 0.2) is 0 Å². The van der Waals surface area contributed by atoms with Gasteiger partial charge in [0, 0.05) is 30.4 Å². The number of carbonyl (C=O) groups excluding carboxylic acids is 1. The van der Waals surface area contributed by atoms with E-state index in [1.54, 1.807) is 29.9 Å². The molecule has 0 fully saturated rings. The minimum absolute atomic E-state index is 0.302. The van der Waals surface area contributed by atoms with E-state index in [0.29, 0.717) is 18.2 Å². The van der Waals surface area contributed by atoms with Gasteiger partial charge in [-0.3, -0.25) is 10.00 Å². The van der Waals surface area contributed by atoms with Crippen LogP contribution in [0.2, 0.25) is 5.02 Å². The smallest absolute Gasteiger partial charge is 0.327 e. The zero-order chi connectivity index (χ0) is 15.2. The van der Waals surface area contributed by atoms with Crippen molar-refractivity contribution in [2.24, 2.45) is 7.05 Å². The Morgan fingerprint density at radius 3 is 2.71 bits per heavy atom. The molecule has 0 saturated heterocycles. The lowest BCUT2D eigenvalue weighted by Crippen LogP contribution is -2.29.